The van der Waals surface area contributed by atoms with Crippen LogP contribution in [0, 0.1) is 6.92 Å². The Morgan fingerprint density at radius 1 is 1.03 bits per heavy atom. The van der Waals surface area contributed by atoms with Crippen LogP contribution in [0.3, 0.4) is 0 Å². The first-order valence-corrected chi connectivity index (χ1v) is 11.0. The summed E-state index contributed by atoms with van der Waals surface area (Å²) in [5, 5.41) is 10.7. The van der Waals surface area contributed by atoms with Gasteiger partial charge in [-0.05, 0) is 41.0 Å². The van der Waals surface area contributed by atoms with E-state index in [9.17, 15) is 4.79 Å². The molecule has 3 aromatic carbocycles. The summed E-state index contributed by atoms with van der Waals surface area (Å²) in [6.45, 7) is 3.95. The van der Waals surface area contributed by atoms with E-state index in [1.165, 1.54) is 16.3 Å². The molecule has 0 unspecified atom stereocenters. The first-order chi connectivity index (χ1) is 15.7. The standard InChI is InChI=1S/C26H26N4O2/c1-19-6-4-10-23(16-19)32-22-12-14-29(15-13-22)26(31)25-18-30(28-27-25)17-21-9-5-8-20-7-2-3-11-24(20)21/h2-11,16,18,22H,12-15,17H2,1H3. The zero-order valence-corrected chi connectivity index (χ0v) is 18.1. The molecule has 6 nitrogen and oxygen atoms in total. The van der Waals surface area contributed by atoms with E-state index in [1.807, 2.05) is 41.3 Å². The number of amides is 1. The number of aromatic nitrogens is 3. The number of ether oxygens (including phenoxy) is 1. The quantitative estimate of drug-likeness (QED) is 0.472. The third-order valence-electron chi connectivity index (χ3n) is 5.99. The molecule has 0 aliphatic carbocycles. The van der Waals surface area contributed by atoms with Gasteiger partial charge in [0.15, 0.2) is 5.69 Å². The molecule has 0 saturated carbocycles. The number of fused-ring (bicyclic) bond motifs is 1. The van der Waals surface area contributed by atoms with Crippen LogP contribution in [-0.4, -0.2) is 45.0 Å². The van der Waals surface area contributed by atoms with Crippen molar-refractivity contribution in [3.8, 4) is 5.75 Å². The van der Waals surface area contributed by atoms with Crippen molar-refractivity contribution in [2.24, 2.45) is 0 Å². The molecule has 1 saturated heterocycles. The maximum absolute atomic E-state index is 13.0. The van der Waals surface area contributed by atoms with E-state index in [1.54, 1.807) is 10.9 Å². The fourth-order valence-corrected chi connectivity index (χ4v) is 4.30. The molecule has 2 heterocycles. The van der Waals surface area contributed by atoms with E-state index in [0.717, 1.165) is 24.2 Å². The SMILES string of the molecule is Cc1cccc(OC2CCN(C(=O)c3cn(Cc4cccc5ccccc45)nn3)CC2)c1. The van der Waals surface area contributed by atoms with Crippen LogP contribution in [-0.2, 0) is 6.54 Å². The van der Waals surface area contributed by atoms with Gasteiger partial charge >= 0.3 is 0 Å². The van der Waals surface area contributed by atoms with E-state index >= 15 is 0 Å². The molecule has 1 aliphatic heterocycles. The predicted molar refractivity (Wildman–Crippen MR) is 124 cm³/mol. The van der Waals surface area contributed by atoms with Crippen molar-refractivity contribution >= 4 is 16.7 Å². The van der Waals surface area contributed by atoms with Gasteiger partial charge in [-0.2, -0.15) is 0 Å². The third kappa shape index (κ3) is 4.35. The van der Waals surface area contributed by atoms with Crippen molar-refractivity contribution in [1.29, 1.82) is 0 Å². The van der Waals surface area contributed by atoms with Crippen molar-refractivity contribution < 1.29 is 9.53 Å². The Kier molecular flexibility index (Phi) is 5.58. The van der Waals surface area contributed by atoms with Crippen molar-refractivity contribution in [3.63, 3.8) is 0 Å². The molecule has 162 valence electrons. The number of hydrogen-bond donors (Lipinski definition) is 0. The highest BCUT2D eigenvalue weighted by Crippen LogP contribution is 2.22. The number of piperidine rings is 1. The van der Waals surface area contributed by atoms with Gasteiger partial charge in [0, 0.05) is 25.9 Å². The highest BCUT2D eigenvalue weighted by molar-refractivity contribution is 5.92. The molecule has 1 fully saturated rings. The summed E-state index contributed by atoms with van der Waals surface area (Å²) in [4.78, 5) is 14.8. The molecule has 1 aliphatic rings. The predicted octanol–water partition coefficient (Wildman–Crippen LogP) is 4.47. The van der Waals surface area contributed by atoms with E-state index in [4.69, 9.17) is 4.74 Å². The molecular formula is C26H26N4O2. The van der Waals surface area contributed by atoms with Crippen LogP contribution in [0.1, 0.15) is 34.5 Å². The average molecular weight is 427 g/mol. The fourth-order valence-electron chi connectivity index (χ4n) is 4.30. The van der Waals surface area contributed by atoms with Crippen LogP contribution in [0.5, 0.6) is 5.75 Å². The minimum absolute atomic E-state index is 0.0665. The van der Waals surface area contributed by atoms with Gasteiger partial charge < -0.3 is 9.64 Å². The Morgan fingerprint density at radius 3 is 2.66 bits per heavy atom. The molecule has 4 aromatic rings. The van der Waals surface area contributed by atoms with E-state index < -0.39 is 0 Å². The number of benzene rings is 3. The number of carbonyl (C=O) groups is 1. The van der Waals surface area contributed by atoms with Gasteiger partial charge in [-0.1, -0.05) is 59.8 Å². The normalized spacial score (nSPS) is 14.6. The lowest BCUT2D eigenvalue weighted by Crippen LogP contribution is -2.41. The Bertz CT molecular complexity index is 1240. The monoisotopic (exact) mass is 426 g/mol. The molecule has 0 atom stereocenters. The first kappa shape index (κ1) is 20.2. The lowest BCUT2D eigenvalue weighted by Gasteiger charge is -2.31. The molecule has 6 heteroatoms. The smallest absolute Gasteiger partial charge is 0.276 e. The maximum atomic E-state index is 13.0. The van der Waals surface area contributed by atoms with E-state index in [-0.39, 0.29) is 12.0 Å². The van der Waals surface area contributed by atoms with Gasteiger partial charge in [-0.25, -0.2) is 4.68 Å². The molecule has 0 bridgehead atoms. The van der Waals surface area contributed by atoms with Crippen LogP contribution < -0.4 is 4.74 Å². The molecule has 5 rings (SSSR count). The molecule has 1 aromatic heterocycles. The van der Waals surface area contributed by atoms with Gasteiger partial charge in [-0.3, -0.25) is 4.79 Å². The van der Waals surface area contributed by atoms with Crippen LogP contribution >= 0.6 is 0 Å². The second-order valence-corrected chi connectivity index (χ2v) is 8.37. The molecule has 1 amide bonds. The van der Waals surface area contributed by atoms with Crippen molar-refractivity contribution in [2.75, 3.05) is 13.1 Å². The largest absolute Gasteiger partial charge is 0.490 e. The lowest BCUT2D eigenvalue weighted by molar-refractivity contribution is 0.0590. The number of nitrogens with zero attached hydrogens (tertiary/aromatic N) is 4. The molecule has 0 N–H and O–H groups in total. The average Bonchev–Trinajstić information content (AvgIpc) is 3.28. The second-order valence-electron chi connectivity index (χ2n) is 8.37. The van der Waals surface area contributed by atoms with Gasteiger partial charge in [0.25, 0.3) is 5.91 Å². The topological polar surface area (TPSA) is 60.2 Å². The molecule has 0 spiro atoms. The molecular weight excluding hydrogens is 400 g/mol. The summed E-state index contributed by atoms with van der Waals surface area (Å²) in [5.74, 6) is 0.828. The summed E-state index contributed by atoms with van der Waals surface area (Å²) in [6, 6.07) is 22.6. The number of aryl methyl sites for hydroxylation is 1. The lowest BCUT2D eigenvalue weighted by atomic mass is 10.0. The van der Waals surface area contributed by atoms with Crippen molar-refractivity contribution in [3.05, 3.63) is 89.7 Å². The van der Waals surface area contributed by atoms with Crippen LogP contribution in [0.15, 0.2) is 72.9 Å². The third-order valence-corrected chi connectivity index (χ3v) is 5.99. The van der Waals surface area contributed by atoms with Gasteiger partial charge in [0.2, 0.25) is 0 Å². The highest BCUT2D eigenvalue weighted by atomic mass is 16.5. The van der Waals surface area contributed by atoms with E-state index in [2.05, 4.69) is 47.6 Å². The Morgan fingerprint density at radius 2 is 1.81 bits per heavy atom. The fraction of sp³-hybridized carbons (Fsp3) is 0.269. The zero-order valence-electron chi connectivity index (χ0n) is 18.1. The van der Waals surface area contributed by atoms with Crippen LogP contribution in [0.25, 0.3) is 10.8 Å². The Hall–Kier alpha value is -3.67. The van der Waals surface area contributed by atoms with Gasteiger partial charge in [0.05, 0.1) is 12.7 Å². The van der Waals surface area contributed by atoms with Gasteiger partial charge in [-0.15, -0.1) is 5.10 Å². The van der Waals surface area contributed by atoms with Crippen molar-refractivity contribution in [1.82, 2.24) is 19.9 Å². The summed E-state index contributed by atoms with van der Waals surface area (Å²) in [7, 11) is 0. The van der Waals surface area contributed by atoms with Gasteiger partial charge in [0.1, 0.15) is 11.9 Å². The second kappa shape index (κ2) is 8.83. The van der Waals surface area contributed by atoms with Crippen LogP contribution in [0.4, 0.5) is 0 Å². The highest BCUT2D eigenvalue weighted by Gasteiger charge is 2.26. The summed E-state index contributed by atoms with van der Waals surface area (Å²) < 4.78 is 7.84. The number of hydrogen-bond acceptors (Lipinski definition) is 4. The minimum Gasteiger partial charge on any atom is -0.490 e. The number of rotatable bonds is 5. The molecule has 32 heavy (non-hydrogen) atoms. The number of likely N-dealkylation sites (tertiary alicyclic amines) is 1. The minimum atomic E-state index is -0.0665. The summed E-state index contributed by atoms with van der Waals surface area (Å²) in [5.41, 5.74) is 2.73. The number of carbonyl (C=O) groups excluding carboxylic acids is 1. The Labute approximate surface area is 187 Å². The van der Waals surface area contributed by atoms with Crippen LogP contribution in [0.2, 0.25) is 0 Å². The summed E-state index contributed by atoms with van der Waals surface area (Å²) in [6.07, 6.45) is 3.50. The maximum Gasteiger partial charge on any atom is 0.276 e. The molecule has 0 radical (unpaired) electrons. The summed E-state index contributed by atoms with van der Waals surface area (Å²) >= 11 is 0. The first-order valence-electron chi connectivity index (χ1n) is 11.0. The Balaban J connectivity index is 1.21. The van der Waals surface area contributed by atoms with Crippen molar-refractivity contribution in [2.45, 2.75) is 32.4 Å². The zero-order chi connectivity index (χ0) is 21.9. The van der Waals surface area contributed by atoms with E-state index in [0.29, 0.717) is 25.3 Å².